The number of carbonyl (C=O) groups excluding carboxylic acids is 1. The zero-order valence-electron chi connectivity index (χ0n) is 12.7. The Balaban J connectivity index is 2.33. The first-order valence-electron chi connectivity index (χ1n) is 7.16. The minimum Gasteiger partial charge on any atom is -0.434 e. The molecule has 0 N–H and O–H groups in total. The zero-order chi connectivity index (χ0) is 14.8. The molecule has 108 valence electrons. The normalized spacial score (nSPS) is 12.3. The van der Waals surface area contributed by atoms with Crippen LogP contribution < -0.4 is 0 Å². The molecule has 1 aromatic rings. The lowest BCUT2D eigenvalue weighted by Crippen LogP contribution is -2.04. The third kappa shape index (κ3) is 6.93. The van der Waals surface area contributed by atoms with Gasteiger partial charge in [-0.1, -0.05) is 48.9 Å². The van der Waals surface area contributed by atoms with Crippen LogP contribution in [0.5, 0.6) is 0 Å². The van der Waals surface area contributed by atoms with Crippen LogP contribution in [0.1, 0.15) is 45.6 Å². The molecule has 0 bridgehead atoms. The largest absolute Gasteiger partial charge is 0.434 e. The molecule has 0 saturated heterocycles. The lowest BCUT2D eigenvalue weighted by atomic mass is 10.1. The number of hydrogen-bond acceptors (Lipinski definition) is 2. The highest BCUT2D eigenvalue weighted by Crippen LogP contribution is 2.09. The fourth-order valence-corrected chi connectivity index (χ4v) is 1.72. The van der Waals surface area contributed by atoms with Gasteiger partial charge in [0, 0.05) is 0 Å². The standard InChI is InChI=1S/C18H24O2/c1-4-15(2)9-8-10-16(3)14-20-18(19)13-17-11-6-5-7-12-17/h5-7,9,11-12,14H,4,8,10,13H2,1-3H3/b15-9+,16-14+. The van der Waals surface area contributed by atoms with Crippen molar-refractivity contribution >= 4 is 5.97 Å². The molecule has 0 atom stereocenters. The van der Waals surface area contributed by atoms with E-state index in [-0.39, 0.29) is 5.97 Å². The number of ether oxygens (including phenoxy) is 1. The van der Waals surface area contributed by atoms with Crippen molar-refractivity contribution in [1.82, 2.24) is 0 Å². The molecular weight excluding hydrogens is 248 g/mol. The molecule has 2 nitrogen and oxygen atoms in total. The zero-order valence-corrected chi connectivity index (χ0v) is 12.7. The quantitative estimate of drug-likeness (QED) is 0.404. The highest BCUT2D eigenvalue weighted by molar-refractivity contribution is 5.73. The average molecular weight is 272 g/mol. The summed E-state index contributed by atoms with van der Waals surface area (Å²) >= 11 is 0. The summed E-state index contributed by atoms with van der Waals surface area (Å²) in [5.74, 6) is -0.212. The van der Waals surface area contributed by atoms with Gasteiger partial charge in [0.15, 0.2) is 0 Å². The summed E-state index contributed by atoms with van der Waals surface area (Å²) in [5, 5.41) is 0. The maximum Gasteiger partial charge on any atom is 0.315 e. The fourth-order valence-electron chi connectivity index (χ4n) is 1.72. The second-order valence-corrected chi connectivity index (χ2v) is 5.06. The van der Waals surface area contributed by atoms with Crippen molar-refractivity contribution in [2.75, 3.05) is 0 Å². The third-order valence-electron chi connectivity index (χ3n) is 3.17. The molecule has 0 spiro atoms. The minimum absolute atomic E-state index is 0.212. The van der Waals surface area contributed by atoms with Gasteiger partial charge in [0.1, 0.15) is 0 Å². The van der Waals surface area contributed by atoms with E-state index in [0.717, 1.165) is 30.4 Å². The number of rotatable bonds is 7. The van der Waals surface area contributed by atoms with E-state index in [1.165, 1.54) is 5.57 Å². The molecule has 0 unspecified atom stereocenters. The van der Waals surface area contributed by atoms with Crippen LogP contribution in [0.4, 0.5) is 0 Å². The van der Waals surface area contributed by atoms with Crippen LogP contribution >= 0.6 is 0 Å². The Morgan fingerprint density at radius 1 is 1.15 bits per heavy atom. The highest BCUT2D eigenvalue weighted by atomic mass is 16.5. The molecule has 0 saturated carbocycles. The molecule has 0 amide bonds. The molecule has 0 aliphatic carbocycles. The van der Waals surface area contributed by atoms with Gasteiger partial charge in [0.05, 0.1) is 12.7 Å². The Morgan fingerprint density at radius 3 is 2.50 bits per heavy atom. The minimum atomic E-state index is -0.212. The van der Waals surface area contributed by atoms with Crippen molar-refractivity contribution in [1.29, 1.82) is 0 Å². The lowest BCUT2D eigenvalue weighted by molar-refractivity contribution is -0.137. The van der Waals surface area contributed by atoms with Gasteiger partial charge in [-0.25, -0.2) is 0 Å². The molecule has 2 heteroatoms. The van der Waals surface area contributed by atoms with Crippen molar-refractivity contribution in [3.8, 4) is 0 Å². The Hall–Kier alpha value is -1.83. The van der Waals surface area contributed by atoms with Crippen molar-refractivity contribution < 1.29 is 9.53 Å². The maximum atomic E-state index is 11.7. The molecule has 1 rings (SSSR count). The molecule has 0 fully saturated rings. The van der Waals surface area contributed by atoms with E-state index in [0.29, 0.717) is 6.42 Å². The molecule has 0 aliphatic heterocycles. The summed E-state index contributed by atoms with van der Waals surface area (Å²) in [6.07, 6.45) is 7.16. The summed E-state index contributed by atoms with van der Waals surface area (Å²) in [6, 6.07) is 9.63. The van der Waals surface area contributed by atoms with Gasteiger partial charge < -0.3 is 4.74 Å². The van der Waals surface area contributed by atoms with Gasteiger partial charge in [-0.05, 0) is 44.2 Å². The number of esters is 1. The van der Waals surface area contributed by atoms with E-state index in [9.17, 15) is 4.79 Å². The summed E-state index contributed by atoms with van der Waals surface area (Å²) in [6.45, 7) is 6.28. The second-order valence-electron chi connectivity index (χ2n) is 5.06. The van der Waals surface area contributed by atoms with Gasteiger partial charge in [-0.15, -0.1) is 0 Å². The Morgan fingerprint density at radius 2 is 1.85 bits per heavy atom. The van der Waals surface area contributed by atoms with E-state index >= 15 is 0 Å². The van der Waals surface area contributed by atoms with Crippen molar-refractivity contribution in [2.24, 2.45) is 0 Å². The van der Waals surface area contributed by atoms with Crippen molar-refractivity contribution in [2.45, 2.75) is 46.5 Å². The van der Waals surface area contributed by atoms with E-state index in [1.54, 1.807) is 6.26 Å². The summed E-state index contributed by atoms with van der Waals surface area (Å²) < 4.78 is 5.17. The SMILES string of the molecule is CC/C(C)=C/CC/C(C)=C/OC(=O)Cc1ccccc1. The Bertz CT molecular complexity index is 469. The first-order chi connectivity index (χ1) is 9.61. The van der Waals surface area contributed by atoms with Crippen molar-refractivity contribution in [3.63, 3.8) is 0 Å². The predicted octanol–water partition coefficient (Wildman–Crippen LogP) is 4.81. The lowest BCUT2D eigenvalue weighted by Gasteiger charge is -2.02. The van der Waals surface area contributed by atoms with Gasteiger partial charge in [-0.3, -0.25) is 4.79 Å². The van der Waals surface area contributed by atoms with Crippen LogP contribution in [0.25, 0.3) is 0 Å². The molecule has 20 heavy (non-hydrogen) atoms. The van der Waals surface area contributed by atoms with Crippen molar-refractivity contribution in [3.05, 3.63) is 59.4 Å². The predicted molar refractivity (Wildman–Crippen MR) is 83.3 cm³/mol. The second kappa shape index (κ2) is 9.13. The average Bonchev–Trinajstić information content (AvgIpc) is 2.46. The maximum absolute atomic E-state index is 11.7. The van der Waals surface area contributed by atoms with Crippen LogP contribution in [-0.4, -0.2) is 5.97 Å². The molecular formula is C18H24O2. The first-order valence-corrected chi connectivity index (χ1v) is 7.16. The van der Waals surface area contributed by atoms with E-state index < -0.39 is 0 Å². The van der Waals surface area contributed by atoms with Gasteiger partial charge in [0.25, 0.3) is 0 Å². The highest BCUT2D eigenvalue weighted by Gasteiger charge is 2.02. The fraction of sp³-hybridized carbons (Fsp3) is 0.389. The first kappa shape index (κ1) is 16.2. The topological polar surface area (TPSA) is 26.3 Å². The smallest absolute Gasteiger partial charge is 0.315 e. The van der Waals surface area contributed by atoms with Crippen LogP contribution in [-0.2, 0) is 16.0 Å². The van der Waals surface area contributed by atoms with Gasteiger partial charge in [-0.2, -0.15) is 0 Å². The number of carbonyl (C=O) groups is 1. The van der Waals surface area contributed by atoms with Crippen LogP contribution in [0, 0.1) is 0 Å². The monoisotopic (exact) mass is 272 g/mol. The third-order valence-corrected chi connectivity index (χ3v) is 3.17. The molecule has 0 aliphatic rings. The van der Waals surface area contributed by atoms with Crippen LogP contribution in [0.2, 0.25) is 0 Å². The van der Waals surface area contributed by atoms with E-state index in [2.05, 4.69) is 19.9 Å². The summed E-state index contributed by atoms with van der Waals surface area (Å²) in [5.41, 5.74) is 3.47. The molecule has 0 radical (unpaired) electrons. The Kier molecular flexibility index (Phi) is 7.41. The number of hydrogen-bond donors (Lipinski definition) is 0. The number of benzene rings is 1. The molecule has 1 aromatic carbocycles. The van der Waals surface area contributed by atoms with Gasteiger partial charge >= 0.3 is 5.97 Å². The van der Waals surface area contributed by atoms with Crippen LogP contribution in [0.3, 0.4) is 0 Å². The van der Waals surface area contributed by atoms with E-state index in [4.69, 9.17) is 4.74 Å². The van der Waals surface area contributed by atoms with E-state index in [1.807, 2.05) is 37.3 Å². The Labute approximate surface area is 122 Å². The van der Waals surface area contributed by atoms with Crippen LogP contribution in [0.15, 0.2) is 53.8 Å². The summed E-state index contributed by atoms with van der Waals surface area (Å²) in [4.78, 5) is 11.7. The molecule has 0 aromatic heterocycles. The number of allylic oxidation sites excluding steroid dienone is 3. The van der Waals surface area contributed by atoms with Gasteiger partial charge in [0.2, 0.25) is 0 Å². The summed E-state index contributed by atoms with van der Waals surface area (Å²) in [7, 11) is 0. The molecule has 0 heterocycles.